The van der Waals surface area contributed by atoms with E-state index in [0.717, 1.165) is 17.8 Å². The van der Waals surface area contributed by atoms with Crippen LogP contribution in [0.2, 0.25) is 5.02 Å². The van der Waals surface area contributed by atoms with Crippen LogP contribution < -0.4 is 5.32 Å². The number of nitrogens with zero attached hydrogens (tertiary/aromatic N) is 2. The molecule has 1 aromatic heterocycles. The summed E-state index contributed by atoms with van der Waals surface area (Å²) in [5, 5.41) is 3.22. The van der Waals surface area contributed by atoms with Gasteiger partial charge in [0.15, 0.2) is 0 Å². The van der Waals surface area contributed by atoms with Gasteiger partial charge >= 0.3 is 0 Å². The molecule has 90 valence electrons. The average Bonchev–Trinajstić information content (AvgIpc) is 2.72. The molecule has 1 heterocycles. The van der Waals surface area contributed by atoms with E-state index in [1.807, 2.05) is 17.8 Å². The van der Waals surface area contributed by atoms with Gasteiger partial charge in [-0.2, -0.15) is 0 Å². The third-order valence-electron chi connectivity index (χ3n) is 2.49. The summed E-state index contributed by atoms with van der Waals surface area (Å²) < 4.78 is 15.0. The third-order valence-corrected chi connectivity index (χ3v) is 2.78. The fraction of sp³-hybridized carbons (Fsp3) is 0.250. The molecule has 0 aliphatic heterocycles. The number of imidazole rings is 1. The van der Waals surface area contributed by atoms with Gasteiger partial charge < -0.3 is 9.88 Å². The SMILES string of the molecule is CNCc1cncn1Cc1ccc(F)c(Cl)c1. The number of benzene rings is 1. The average molecular weight is 254 g/mol. The van der Waals surface area contributed by atoms with Gasteiger partial charge in [0.2, 0.25) is 0 Å². The molecule has 17 heavy (non-hydrogen) atoms. The molecule has 0 aliphatic carbocycles. The summed E-state index contributed by atoms with van der Waals surface area (Å²) in [6.45, 7) is 1.38. The molecule has 0 unspecified atom stereocenters. The highest BCUT2D eigenvalue weighted by Crippen LogP contribution is 2.17. The first-order valence-electron chi connectivity index (χ1n) is 5.28. The molecule has 2 aromatic rings. The van der Waals surface area contributed by atoms with E-state index in [1.54, 1.807) is 18.5 Å². The highest BCUT2D eigenvalue weighted by Gasteiger charge is 2.04. The maximum atomic E-state index is 13.0. The molecule has 0 aliphatic rings. The van der Waals surface area contributed by atoms with Gasteiger partial charge in [0.05, 0.1) is 17.0 Å². The zero-order chi connectivity index (χ0) is 12.3. The number of hydrogen-bond donors (Lipinski definition) is 1. The van der Waals surface area contributed by atoms with Crippen molar-refractivity contribution in [1.29, 1.82) is 0 Å². The van der Waals surface area contributed by atoms with E-state index in [1.165, 1.54) is 6.07 Å². The summed E-state index contributed by atoms with van der Waals surface area (Å²) >= 11 is 5.74. The Balaban J connectivity index is 2.19. The first-order valence-corrected chi connectivity index (χ1v) is 5.66. The topological polar surface area (TPSA) is 29.9 Å². The summed E-state index contributed by atoms with van der Waals surface area (Å²) in [5.41, 5.74) is 2.03. The van der Waals surface area contributed by atoms with Crippen LogP contribution in [0.25, 0.3) is 0 Å². The quantitative estimate of drug-likeness (QED) is 0.907. The van der Waals surface area contributed by atoms with Crippen molar-refractivity contribution in [2.24, 2.45) is 0 Å². The highest BCUT2D eigenvalue weighted by atomic mass is 35.5. The van der Waals surface area contributed by atoms with Crippen LogP contribution in [0, 0.1) is 5.82 Å². The minimum atomic E-state index is -0.392. The fourth-order valence-corrected chi connectivity index (χ4v) is 1.86. The Morgan fingerprint density at radius 3 is 3.00 bits per heavy atom. The van der Waals surface area contributed by atoms with Crippen molar-refractivity contribution in [3.05, 3.63) is 52.8 Å². The number of rotatable bonds is 4. The van der Waals surface area contributed by atoms with Crippen molar-refractivity contribution < 1.29 is 4.39 Å². The molecule has 0 fully saturated rings. The van der Waals surface area contributed by atoms with Gasteiger partial charge in [-0.3, -0.25) is 0 Å². The lowest BCUT2D eigenvalue weighted by Crippen LogP contribution is -2.11. The fourth-order valence-electron chi connectivity index (χ4n) is 1.65. The van der Waals surface area contributed by atoms with Crippen molar-refractivity contribution in [2.75, 3.05) is 7.05 Å². The predicted molar refractivity (Wildman–Crippen MR) is 65.5 cm³/mol. The molecule has 0 saturated heterocycles. The Kier molecular flexibility index (Phi) is 3.76. The molecule has 1 N–H and O–H groups in total. The van der Waals surface area contributed by atoms with E-state index in [2.05, 4.69) is 10.3 Å². The molecule has 5 heteroatoms. The molecule has 0 radical (unpaired) electrons. The van der Waals surface area contributed by atoms with Crippen molar-refractivity contribution in [3.8, 4) is 0 Å². The summed E-state index contributed by atoms with van der Waals surface area (Å²) in [6.07, 6.45) is 3.56. The van der Waals surface area contributed by atoms with Crippen LogP contribution in [0.5, 0.6) is 0 Å². The summed E-state index contributed by atoms with van der Waals surface area (Å²) in [7, 11) is 1.88. The second-order valence-corrected chi connectivity index (χ2v) is 4.20. The number of hydrogen-bond acceptors (Lipinski definition) is 2. The maximum Gasteiger partial charge on any atom is 0.141 e. The van der Waals surface area contributed by atoms with Gasteiger partial charge in [-0.15, -0.1) is 0 Å². The monoisotopic (exact) mass is 253 g/mol. The minimum Gasteiger partial charge on any atom is -0.329 e. The first-order chi connectivity index (χ1) is 8.20. The first kappa shape index (κ1) is 12.1. The second kappa shape index (κ2) is 5.29. The lowest BCUT2D eigenvalue weighted by Gasteiger charge is -2.08. The van der Waals surface area contributed by atoms with Crippen LogP contribution in [-0.2, 0) is 13.1 Å². The molecule has 0 amide bonds. The van der Waals surface area contributed by atoms with Crippen molar-refractivity contribution in [3.63, 3.8) is 0 Å². The van der Waals surface area contributed by atoms with Gasteiger partial charge in [-0.25, -0.2) is 9.37 Å². The summed E-state index contributed by atoms with van der Waals surface area (Å²) in [5.74, 6) is -0.392. The van der Waals surface area contributed by atoms with Gasteiger partial charge in [-0.1, -0.05) is 17.7 Å². The standard InChI is InChI=1S/C12H13ClFN3/c1-15-5-10-6-16-8-17(10)7-9-2-3-12(14)11(13)4-9/h2-4,6,8,15H,5,7H2,1H3. The van der Waals surface area contributed by atoms with Crippen molar-refractivity contribution >= 4 is 11.6 Å². The Morgan fingerprint density at radius 1 is 1.47 bits per heavy atom. The van der Waals surface area contributed by atoms with Gasteiger partial charge in [0, 0.05) is 19.3 Å². The second-order valence-electron chi connectivity index (χ2n) is 3.79. The van der Waals surface area contributed by atoms with E-state index in [4.69, 9.17) is 11.6 Å². The van der Waals surface area contributed by atoms with Crippen LogP contribution in [0.15, 0.2) is 30.7 Å². The van der Waals surface area contributed by atoms with Crippen molar-refractivity contribution in [1.82, 2.24) is 14.9 Å². The van der Waals surface area contributed by atoms with Crippen LogP contribution >= 0.6 is 11.6 Å². The molecular weight excluding hydrogens is 241 g/mol. The molecule has 1 aromatic carbocycles. The van der Waals surface area contributed by atoms with E-state index in [-0.39, 0.29) is 5.02 Å². The molecule has 0 bridgehead atoms. The smallest absolute Gasteiger partial charge is 0.141 e. The zero-order valence-electron chi connectivity index (χ0n) is 9.45. The third kappa shape index (κ3) is 2.84. The van der Waals surface area contributed by atoms with Crippen LogP contribution in [0.3, 0.4) is 0 Å². The Bertz CT molecular complexity index is 510. The molecule has 0 spiro atoms. The lowest BCUT2D eigenvalue weighted by atomic mass is 10.2. The van der Waals surface area contributed by atoms with Crippen molar-refractivity contribution in [2.45, 2.75) is 13.1 Å². The molecule has 2 rings (SSSR count). The van der Waals surface area contributed by atoms with Gasteiger partial charge in [0.1, 0.15) is 5.82 Å². The minimum absolute atomic E-state index is 0.151. The molecule has 0 atom stereocenters. The predicted octanol–water partition coefficient (Wildman–Crippen LogP) is 2.44. The zero-order valence-corrected chi connectivity index (χ0v) is 10.2. The normalized spacial score (nSPS) is 10.8. The van der Waals surface area contributed by atoms with E-state index >= 15 is 0 Å². The van der Waals surface area contributed by atoms with Crippen LogP contribution in [-0.4, -0.2) is 16.6 Å². The number of halogens is 2. The molecular formula is C12H13ClFN3. The Morgan fingerprint density at radius 2 is 2.29 bits per heavy atom. The van der Waals surface area contributed by atoms with Gasteiger partial charge in [0.25, 0.3) is 0 Å². The molecule has 0 saturated carbocycles. The van der Waals surface area contributed by atoms with E-state index in [0.29, 0.717) is 6.54 Å². The Hall–Kier alpha value is -1.39. The lowest BCUT2D eigenvalue weighted by molar-refractivity contribution is 0.626. The van der Waals surface area contributed by atoms with E-state index < -0.39 is 5.82 Å². The van der Waals surface area contributed by atoms with Gasteiger partial charge in [-0.05, 0) is 24.7 Å². The van der Waals surface area contributed by atoms with E-state index in [9.17, 15) is 4.39 Å². The number of nitrogens with one attached hydrogen (secondary N) is 1. The maximum absolute atomic E-state index is 13.0. The Labute approximate surface area is 104 Å². The highest BCUT2D eigenvalue weighted by molar-refractivity contribution is 6.30. The summed E-state index contributed by atoms with van der Waals surface area (Å²) in [6, 6.07) is 4.75. The molecule has 3 nitrogen and oxygen atoms in total. The number of aromatic nitrogens is 2. The summed E-state index contributed by atoms with van der Waals surface area (Å²) in [4.78, 5) is 4.09. The largest absolute Gasteiger partial charge is 0.329 e. The van der Waals surface area contributed by atoms with Crippen LogP contribution in [0.1, 0.15) is 11.3 Å². The van der Waals surface area contributed by atoms with Crippen LogP contribution in [0.4, 0.5) is 4.39 Å².